The van der Waals surface area contributed by atoms with Gasteiger partial charge in [-0.2, -0.15) is 0 Å². The summed E-state index contributed by atoms with van der Waals surface area (Å²) in [7, 11) is 0. The van der Waals surface area contributed by atoms with Gasteiger partial charge in [0.25, 0.3) is 5.91 Å². The highest BCUT2D eigenvalue weighted by atomic mass is 79.9. The first-order chi connectivity index (χ1) is 8.47. The first-order valence-corrected chi connectivity index (χ1v) is 7.45. The molecule has 1 aliphatic carbocycles. The lowest BCUT2D eigenvalue weighted by molar-refractivity contribution is 0.0926. The number of rotatable bonds is 5. The minimum absolute atomic E-state index is 0.0424. The number of aromatic nitrogens is 1. The Kier molecular flexibility index (Phi) is 4.15. The van der Waals surface area contributed by atoms with Crippen LogP contribution in [0.4, 0.5) is 0 Å². The summed E-state index contributed by atoms with van der Waals surface area (Å²) in [5, 5.41) is 3.08. The van der Waals surface area contributed by atoms with Crippen molar-refractivity contribution in [2.24, 2.45) is 5.92 Å². The molecule has 100 valence electrons. The molecular formula is C14H21BrN2O. The maximum atomic E-state index is 12.3. The molecule has 4 heteroatoms. The average molecular weight is 313 g/mol. The van der Waals surface area contributed by atoms with Crippen LogP contribution >= 0.6 is 15.9 Å². The van der Waals surface area contributed by atoms with Crippen LogP contribution in [0, 0.1) is 5.92 Å². The highest BCUT2D eigenvalue weighted by molar-refractivity contribution is 9.10. The fourth-order valence-electron chi connectivity index (χ4n) is 2.35. The normalized spacial score (nSPS) is 16.9. The number of carbonyl (C=O) groups is 1. The fraction of sp³-hybridized carbons (Fsp3) is 0.643. The van der Waals surface area contributed by atoms with Crippen LogP contribution in [0.5, 0.6) is 0 Å². The van der Waals surface area contributed by atoms with Gasteiger partial charge in [-0.3, -0.25) is 4.79 Å². The van der Waals surface area contributed by atoms with Crippen LogP contribution in [0.25, 0.3) is 0 Å². The molecule has 0 spiro atoms. The lowest BCUT2D eigenvalue weighted by Crippen LogP contribution is -2.34. The summed E-state index contributed by atoms with van der Waals surface area (Å²) in [5.74, 6) is 0.642. The third-order valence-corrected chi connectivity index (χ3v) is 3.62. The maximum Gasteiger partial charge on any atom is 0.268 e. The van der Waals surface area contributed by atoms with E-state index in [-0.39, 0.29) is 11.9 Å². The molecule has 0 aliphatic heterocycles. The second-order valence-electron chi connectivity index (χ2n) is 5.69. The number of nitrogens with zero attached hydrogens (tertiary/aromatic N) is 1. The van der Waals surface area contributed by atoms with Crippen LogP contribution in [-0.4, -0.2) is 16.5 Å². The summed E-state index contributed by atoms with van der Waals surface area (Å²) < 4.78 is 3.08. The van der Waals surface area contributed by atoms with E-state index >= 15 is 0 Å². The van der Waals surface area contributed by atoms with E-state index in [2.05, 4.69) is 46.6 Å². The quantitative estimate of drug-likeness (QED) is 0.882. The van der Waals surface area contributed by atoms with Crippen molar-refractivity contribution in [2.45, 2.75) is 52.1 Å². The van der Waals surface area contributed by atoms with Crippen LogP contribution in [0.3, 0.4) is 0 Å². The van der Waals surface area contributed by atoms with Crippen LogP contribution in [0.15, 0.2) is 16.7 Å². The standard InChI is InChI=1S/C14H21BrN2O/c1-9(2)6-10(3)16-14(18)13-7-11(15)8-17(13)12-4-5-12/h7-10,12H,4-6H2,1-3H3,(H,16,18). The lowest BCUT2D eigenvalue weighted by Gasteiger charge is -2.16. The largest absolute Gasteiger partial charge is 0.348 e. The summed E-state index contributed by atoms with van der Waals surface area (Å²) in [6, 6.07) is 2.66. The second kappa shape index (κ2) is 5.47. The summed E-state index contributed by atoms with van der Waals surface area (Å²) in [5.41, 5.74) is 0.778. The van der Waals surface area contributed by atoms with Gasteiger partial charge in [0.05, 0.1) is 0 Å². The Morgan fingerprint density at radius 1 is 1.50 bits per heavy atom. The SMILES string of the molecule is CC(C)CC(C)NC(=O)c1cc(Br)cn1C1CC1. The average Bonchev–Trinajstić information content (AvgIpc) is 3.00. The van der Waals surface area contributed by atoms with Gasteiger partial charge in [0.15, 0.2) is 0 Å². The minimum Gasteiger partial charge on any atom is -0.348 e. The third-order valence-electron chi connectivity index (χ3n) is 3.19. The Morgan fingerprint density at radius 3 is 2.72 bits per heavy atom. The van der Waals surface area contributed by atoms with E-state index in [0.29, 0.717) is 12.0 Å². The molecule has 3 nitrogen and oxygen atoms in total. The number of nitrogens with one attached hydrogen (secondary N) is 1. The van der Waals surface area contributed by atoms with Crippen molar-refractivity contribution in [3.63, 3.8) is 0 Å². The molecule has 0 aromatic carbocycles. The predicted octanol–water partition coefficient (Wildman–Crippen LogP) is 3.75. The van der Waals surface area contributed by atoms with E-state index in [1.165, 1.54) is 12.8 Å². The van der Waals surface area contributed by atoms with Gasteiger partial charge in [-0.25, -0.2) is 0 Å². The second-order valence-corrected chi connectivity index (χ2v) is 6.60. The molecule has 0 bridgehead atoms. The highest BCUT2D eigenvalue weighted by Gasteiger charge is 2.28. The topological polar surface area (TPSA) is 34.0 Å². The van der Waals surface area contributed by atoms with Crippen molar-refractivity contribution >= 4 is 21.8 Å². The predicted molar refractivity (Wildman–Crippen MR) is 76.8 cm³/mol. The number of hydrogen-bond donors (Lipinski definition) is 1. The summed E-state index contributed by atoms with van der Waals surface area (Å²) >= 11 is 3.45. The van der Waals surface area contributed by atoms with Crippen LogP contribution in [0.2, 0.25) is 0 Å². The maximum absolute atomic E-state index is 12.3. The smallest absolute Gasteiger partial charge is 0.268 e. The van der Waals surface area contributed by atoms with E-state index in [1.54, 1.807) is 0 Å². The minimum atomic E-state index is 0.0424. The monoisotopic (exact) mass is 312 g/mol. The first kappa shape index (κ1) is 13.7. The molecule has 0 saturated heterocycles. The van der Waals surface area contributed by atoms with Crippen molar-refractivity contribution in [2.75, 3.05) is 0 Å². The Balaban J connectivity index is 2.04. The van der Waals surface area contributed by atoms with Crippen LogP contribution in [0.1, 0.15) is 56.6 Å². The van der Waals surface area contributed by atoms with Gasteiger partial charge in [0, 0.05) is 22.8 Å². The van der Waals surface area contributed by atoms with E-state index in [4.69, 9.17) is 0 Å². The Labute approximate surface area is 117 Å². The molecular weight excluding hydrogens is 292 g/mol. The fourth-order valence-corrected chi connectivity index (χ4v) is 2.78. The zero-order valence-electron chi connectivity index (χ0n) is 11.2. The van der Waals surface area contributed by atoms with E-state index < -0.39 is 0 Å². The zero-order chi connectivity index (χ0) is 13.3. The third kappa shape index (κ3) is 3.37. The molecule has 1 aromatic heterocycles. The highest BCUT2D eigenvalue weighted by Crippen LogP contribution is 2.37. The molecule has 1 N–H and O–H groups in total. The van der Waals surface area contributed by atoms with Gasteiger partial charge in [-0.15, -0.1) is 0 Å². The lowest BCUT2D eigenvalue weighted by atomic mass is 10.1. The molecule has 1 amide bonds. The molecule has 1 aliphatic rings. The van der Waals surface area contributed by atoms with E-state index in [9.17, 15) is 4.79 Å². The Morgan fingerprint density at radius 2 is 2.17 bits per heavy atom. The molecule has 18 heavy (non-hydrogen) atoms. The van der Waals surface area contributed by atoms with Gasteiger partial charge in [-0.05, 0) is 54.1 Å². The van der Waals surface area contributed by atoms with Gasteiger partial charge < -0.3 is 9.88 Å². The van der Waals surface area contributed by atoms with Crippen molar-refractivity contribution < 1.29 is 4.79 Å². The number of carbonyl (C=O) groups excluding carboxylic acids is 1. The summed E-state index contributed by atoms with van der Waals surface area (Å²) in [6.45, 7) is 6.41. The summed E-state index contributed by atoms with van der Waals surface area (Å²) in [4.78, 5) is 12.3. The van der Waals surface area contributed by atoms with Gasteiger partial charge >= 0.3 is 0 Å². The van der Waals surface area contributed by atoms with Crippen LogP contribution < -0.4 is 5.32 Å². The molecule has 1 fully saturated rings. The first-order valence-electron chi connectivity index (χ1n) is 6.65. The number of hydrogen-bond acceptors (Lipinski definition) is 1. The Bertz CT molecular complexity index is 435. The molecule has 1 atom stereocenters. The van der Waals surface area contributed by atoms with Crippen LogP contribution in [-0.2, 0) is 0 Å². The zero-order valence-corrected chi connectivity index (χ0v) is 12.8. The Hall–Kier alpha value is -0.770. The molecule has 1 saturated carbocycles. The number of amides is 1. The van der Waals surface area contributed by atoms with E-state index in [1.807, 2.05) is 12.3 Å². The van der Waals surface area contributed by atoms with Gasteiger partial charge in [0.1, 0.15) is 5.69 Å². The number of halogens is 1. The van der Waals surface area contributed by atoms with Crippen molar-refractivity contribution in [1.82, 2.24) is 9.88 Å². The molecule has 1 unspecified atom stereocenters. The molecule has 0 radical (unpaired) electrons. The molecule has 2 rings (SSSR count). The van der Waals surface area contributed by atoms with E-state index in [0.717, 1.165) is 16.6 Å². The molecule has 1 aromatic rings. The molecule has 1 heterocycles. The van der Waals surface area contributed by atoms with Gasteiger partial charge in [-0.1, -0.05) is 13.8 Å². The summed E-state index contributed by atoms with van der Waals surface area (Å²) in [6.07, 6.45) is 5.39. The van der Waals surface area contributed by atoms with Crippen molar-refractivity contribution in [1.29, 1.82) is 0 Å². The van der Waals surface area contributed by atoms with Crippen molar-refractivity contribution in [3.8, 4) is 0 Å². The van der Waals surface area contributed by atoms with Gasteiger partial charge in [0.2, 0.25) is 0 Å². The van der Waals surface area contributed by atoms with Crippen molar-refractivity contribution in [3.05, 3.63) is 22.4 Å².